The van der Waals surface area contributed by atoms with E-state index in [1.807, 2.05) is 0 Å². The lowest BCUT2D eigenvalue weighted by Crippen LogP contribution is -2.32. The molecular formula is C17H37N5O2. The molecule has 0 saturated heterocycles. The number of hydrogen-bond donors (Lipinski definition) is 4. The fraction of sp³-hybridized carbons (Fsp3) is 0.882. The van der Waals surface area contributed by atoms with Crippen molar-refractivity contribution in [2.45, 2.75) is 51.9 Å². The van der Waals surface area contributed by atoms with Crippen LogP contribution in [-0.4, -0.2) is 63.2 Å². The van der Waals surface area contributed by atoms with Crippen LogP contribution in [-0.2, 0) is 9.53 Å². The van der Waals surface area contributed by atoms with Gasteiger partial charge in [-0.15, -0.1) is 0 Å². The molecule has 0 aliphatic carbocycles. The van der Waals surface area contributed by atoms with Gasteiger partial charge >= 0.3 is 0 Å². The predicted octanol–water partition coefficient (Wildman–Crippen LogP) is 1.28. The van der Waals surface area contributed by atoms with Crippen molar-refractivity contribution < 1.29 is 9.53 Å². The number of guanidine groups is 1. The van der Waals surface area contributed by atoms with Crippen LogP contribution in [0.2, 0.25) is 0 Å². The summed E-state index contributed by atoms with van der Waals surface area (Å²) in [5, 5.41) is 12.8. The molecule has 0 spiro atoms. The lowest BCUT2D eigenvalue weighted by Gasteiger charge is -2.21. The molecule has 0 atom stereocenters. The van der Waals surface area contributed by atoms with E-state index >= 15 is 0 Å². The number of carbonyl (C=O) groups is 1. The standard InChI is InChI=1S/C17H37N5O2/c1-3-4-12-22(14-15-24-2)13-8-11-20-16(23)9-6-5-7-10-21-17(18)19/h3-15H2,1-2H3,(H,20,23)(H4,18,19,21). The van der Waals surface area contributed by atoms with E-state index in [9.17, 15) is 4.79 Å². The fourth-order valence-corrected chi connectivity index (χ4v) is 2.37. The Morgan fingerprint density at radius 1 is 1.04 bits per heavy atom. The lowest BCUT2D eigenvalue weighted by molar-refractivity contribution is -0.121. The number of rotatable bonds is 16. The molecule has 1 amide bonds. The zero-order valence-corrected chi connectivity index (χ0v) is 15.5. The first-order valence-corrected chi connectivity index (χ1v) is 9.16. The van der Waals surface area contributed by atoms with Gasteiger partial charge in [-0.05, 0) is 38.8 Å². The second-order valence-corrected chi connectivity index (χ2v) is 6.04. The Kier molecular flexibility index (Phi) is 15.6. The van der Waals surface area contributed by atoms with Crippen molar-refractivity contribution in [3.05, 3.63) is 0 Å². The van der Waals surface area contributed by atoms with Crippen molar-refractivity contribution in [1.29, 1.82) is 5.41 Å². The first kappa shape index (κ1) is 22.7. The van der Waals surface area contributed by atoms with E-state index in [0.717, 1.165) is 58.5 Å². The van der Waals surface area contributed by atoms with E-state index in [2.05, 4.69) is 22.5 Å². The van der Waals surface area contributed by atoms with Crippen LogP contribution in [0.4, 0.5) is 0 Å². The average Bonchev–Trinajstić information content (AvgIpc) is 2.56. The molecule has 0 bridgehead atoms. The summed E-state index contributed by atoms with van der Waals surface area (Å²) in [4.78, 5) is 14.2. The maximum absolute atomic E-state index is 11.8. The maximum Gasteiger partial charge on any atom is 0.219 e. The molecule has 0 fully saturated rings. The van der Waals surface area contributed by atoms with Crippen molar-refractivity contribution in [1.82, 2.24) is 15.5 Å². The number of unbranched alkanes of at least 4 members (excludes halogenated alkanes) is 3. The maximum atomic E-state index is 11.8. The Labute approximate surface area is 147 Å². The quantitative estimate of drug-likeness (QED) is 0.192. The van der Waals surface area contributed by atoms with Crippen molar-refractivity contribution in [3.8, 4) is 0 Å². The molecular weight excluding hydrogens is 306 g/mol. The smallest absolute Gasteiger partial charge is 0.219 e. The van der Waals surface area contributed by atoms with Crippen LogP contribution in [0.5, 0.6) is 0 Å². The summed E-state index contributed by atoms with van der Waals surface area (Å²) < 4.78 is 5.15. The Morgan fingerprint density at radius 3 is 2.42 bits per heavy atom. The lowest BCUT2D eigenvalue weighted by atomic mass is 10.2. The van der Waals surface area contributed by atoms with E-state index < -0.39 is 0 Å². The third kappa shape index (κ3) is 15.6. The number of carbonyl (C=O) groups excluding carboxylic acids is 1. The van der Waals surface area contributed by atoms with Gasteiger partial charge in [0, 0.05) is 33.2 Å². The van der Waals surface area contributed by atoms with Gasteiger partial charge in [-0.25, -0.2) is 0 Å². The van der Waals surface area contributed by atoms with Gasteiger partial charge in [0.05, 0.1) is 6.61 Å². The molecule has 0 aliphatic heterocycles. The predicted molar refractivity (Wildman–Crippen MR) is 99.2 cm³/mol. The molecule has 0 aliphatic rings. The monoisotopic (exact) mass is 343 g/mol. The van der Waals surface area contributed by atoms with Gasteiger partial charge in [-0.2, -0.15) is 0 Å². The first-order chi connectivity index (χ1) is 11.6. The number of amides is 1. The molecule has 0 aromatic carbocycles. The van der Waals surface area contributed by atoms with E-state index in [4.69, 9.17) is 15.9 Å². The first-order valence-electron chi connectivity index (χ1n) is 9.16. The largest absolute Gasteiger partial charge is 0.383 e. The van der Waals surface area contributed by atoms with E-state index in [1.54, 1.807) is 7.11 Å². The molecule has 7 nitrogen and oxygen atoms in total. The summed E-state index contributed by atoms with van der Waals surface area (Å²) in [5.41, 5.74) is 5.20. The molecule has 0 saturated carbocycles. The van der Waals surface area contributed by atoms with Crippen molar-refractivity contribution in [3.63, 3.8) is 0 Å². The van der Waals surface area contributed by atoms with Crippen LogP contribution < -0.4 is 16.4 Å². The summed E-state index contributed by atoms with van der Waals surface area (Å²) in [5.74, 6) is 0.137. The normalized spacial score (nSPS) is 10.8. The van der Waals surface area contributed by atoms with Gasteiger partial charge in [0.15, 0.2) is 5.96 Å². The third-order valence-electron chi connectivity index (χ3n) is 3.81. The number of nitrogens with zero attached hydrogens (tertiary/aromatic N) is 1. The number of hydrogen-bond acceptors (Lipinski definition) is 4. The molecule has 0 rings (SSSR count). The van der Waals surface area contributed by atoms with Gasteiger partial charge in [0.2, 0.25) is 5.91 Å². The number of ether oxygens (including phenoxy) is 1. The summed E-state index contributed by atoms with van der Waals surface area (Å²) in [6, 6.07) is 0. The fourth-order valence-electron chi connectivity index (χ4n) is 2.37. The number of nitrogens with one attached hydrogen (secondary N) is 3. The van der Waals surface area contributed by atoms with Gasteiger partial charge in [-0.1, -0.05) is 19.8 Å². The van der Waals surface area contributed by atoms with E-state index in [-0.39, 0.29) is 11.9 Å². The SMILES string of the molecule is CCCCN(CCCNC(=O)CCCCCNC(=N)N)CCOC. The van der Waals surface area contributed by atoms with Crippen LogP contribution in [0.3, 0.4) is 0 Å². The van der Waals surface area contributed by atoms with Crippen LogP contribution in [0.15, 0.2) is 0 Å². The molecule has 0 heterocycles. The molecule has 0 aromatic rings. The Hall–Kier alpha value is -1.34. The zero-order valence-electron chi connectivity index (χ0n) is 15.5. The third-order valence-corrected chi connectivity index (χ3v) is 3.81. The summed E-state index contributed by atoms with van der Waals surface area (Å²) in [6.07, 6.45) is 6.72. The zero-order chi connectivity index (χ0) is 18.0. The molecule has 0 aromatic heterocycles. The second-order valence-electron chi connectivity index (χ2n) is 6.04. The van der Waals surface area contributed by atoms with Crippen molar-refractivity contribution in [2.24, 2.45) is 5.73 Å². The van der Waals surface area contributed by atoms with E-state index in [0.29, 0.717) is 13.0 Å². The Balaban J connectivity index is 3.58. The second kappa shape index (κ2) is 16.5. The van der Waals surface area contributed by atoms with E-state index in [1.165, 1.54) is 12.8 Å². The minimum absolute atomic E-state index is 0.00576. The molecule has 0 unspecified atom stereocenters. The Morgan fingerprint density at radius 2 is 1.75 bits per heavy atom. The molecule has 5 N–H and O–H groups in total. The average molecular weight is 344 g/mol. The molecule has 24 heavy (non-hydrogen) atoms. The highest BCUT2D eigenvalue weighted by Crippen LogP contribution is 2.00. The summed E-state index contributed by atoms with van der Waals surface area (Å²) in [7, 11) is 1.73. The summed E-state index contributed by atoms with van der Waals surface area (Å²) >= 11 is 0. The van der Waals surface area contributed by atoms with Gasteiger partial charge in [0.1, 0.15) is 0 Å². The minimum atomic E-state index is 0.00576. The highest BCUT2D eigenvalue weighted by molar-refractivity contribution is 5.75. The Bertz CT molecular complexity index is 318. The van der Waals surface area contributed by atoms with Gasteiger partial charge < -0.3 is 26.0 Å². The highest BCUT2D eigenvalue weighted by Gasteiger charge is 2.05. The van der Waals surface area contributed by atoms with Crippen LogP contribution >= 0.6 is 0 Å². The van der Waals surface area contributed by atoms with Gasteiger partial charge in [0.25, 0.3) is 0 Å². The summed E-state index contributed by atoms with van der Waals surface area (Å²) in [6.45, 7) is 7.45. The number of methoxy groups -OCH3 is 1. The van der Waals surface area contributed by atoms with Crippen molar-refractivity contribution in [2.75, 3.05) is 46.4 Å². The molecule has 7 heteroatoms. The van der Waals surface area contributed by atoms with Crippen LogP contribution in [0.1, 0.15) is 51.9 Å². The molecule has 142 valence electrons. The molecule has 0 radical (unpaired) electrons. The van der Waals surface area contributed by atoms with Gasteiger partial charge in [-0.3, -0.25) is 10.2 Å². The number of nitrogens with two attached hydrogens (primary N) is 1. The van der Waals surface area contributed by atoms with Crippen LogP contribution in [0, 0.1) is 5.41 Å². The minimum Gasteiger partial charge on any atom is -0.383 e. The topological polar surface area (TPSA) is 103 Å². The van der Waals surface area contributed by atoms with Crippen molar-refractivity contribution >= 4 is 11.9 Å². The van der Waals surface area contributed by atoms with Crippen LogP contribution in [0.25, 0.3) is 0 Å². The highest BCUT2D eigenvalue weighted by atomic mass is 16.5.